The third-order valence-electron chi connectivity index (χ3n) is 3.96. The van der Waals surface area contributed by atoms with Crippen molar-refractivity contribution < 1.29 is 4.79 Å². The summed E-state index contributed by atoms with van der Waals surface area (Å²) in [4.78, 5) is 18.1. The Hall–Kier alpha value is -2.26. The average Bonchev–Trinajstić information content (AvgIpc) is 3.21. The number of imidazole rings is 1. The van der Waals surface area contributed by atoms with Crippen LogP contribution in [-0.2, 0) is 11.3 Å². The number of aryl methyl sites for hydroxylation is 1. The van der Waals surface area contributed by atoms with E-state index >= 15 is 0 Å². The van der Waals surface area contributed by atoms with Gasteiger partial charge in [0, 0.05) is 25.5 Å². The van der Waals surface area contributed by atoms with Crippen molar-refractivity contribution in [2.75, 3.05) is 12.3 Å². The second-order valence-corrected chi connectivity index (χ2v) is 6.57. The smallest absolute Gasteiger partial charge is 0.233 e. The Labute approximate surface area is 139 Å². The Balaban J connectivity index is 1.67. The van der Waals surface area contributed by atoms with E-state index in [2.05, 4.69) is 11.1 Å². The highest BCUT2D eigenvalue weighted by atomic mass is 32.2. The van der Waals surface area contributed by atoms with Crippen molar-refractivity contribution in [3.63, 3.8) is 0 Å². The minimum atomic E-state index is -0.291. The highest BCUT2D eigenvalue weighted by Gasteiger charge is 2.37. The van der Waals surface area contributed by atoms with Gasteiger partial charge in [-0.2, -0.15) is 5.26 Å². The number of hydrogen-bond donors (Lipinski definition) is 0. The molecule has 3 rings (SSSR count). The molecule has 2 unspecified atom stereocenters. The van der Waals surface area contributed by atoms with E-state index < -0.39 is 0 Å². The molecular weight excluding hydrogens is 308 g/mol. The molecule has 1 aromatic carbocycles. The third kappa shape index (κ3) is 3.57. The van der Waals surface area contributed by atoms with Crippen molar-refractivity contribution >= 4 is 17.7 Å². The highest BCUT2D eigenvalue weighted by Crippen LogP contribution is 2.36. The molecule has 23 heavy (non-hydrogen) atoms. The Morgan fingerprint density at radius 2 is 2.17 bits per heavy atom. The summed E-state index contributed by atoms with van der Waals surface area (Å²) in [5.74, 6) is 0.295. The fourth-order valence-corrected chi connectivity index (χ4v) is 4.10. The molecule has 1 aliphatic rings. The van der Waals surface area contributed by atoms with Gasteiger partial charge < -0.3 is 9.47 Å². The number of benzene rings is 1. The van der Waals surface area contributed by atoms with E-state index in [1.165, 1.54) is 0 Å². The molecule has 1 aromatic heterocycles. The van der Waals surface area contributed by atoms with E-state index in [-0.39, 0.29) is 17.2 Å². The molecule has 0 spiro atoms. The number of nitriles is 1. The van der Waals surface area contributed by atoms with E-state index in [1.807, 2.05) is 46.0 Å². The van der Waals surface area contributed by atoms with Crippen LogP contribution in [-0.4, -0.2) is 38.0 Å². The Kier molecular flexibility index (Phi) is 4.99. The van der Waals surface area contributed by atoms with Crippen LogP contribution in [0, 0.1) is 11.3 Å². The standard InChI is InChI=1S/C17H18N4OS/c18-11-15(14-5-2-1-3-6-14)17-21(16(22)12-23-17)9-4-8-20-10-7-19-13-20/h1-3,5-7,10,13,15,17H,4,8-9,12H2. The molecule has 0 aliphatic carbocycles. The number of hydrogen-bond acceptors (Lipinski definition) is 4. The van der Waals surface area contributed by atoms with Crippen molar-refractivity contribution in [1.29, 1.82) is 5.26 Å². The van der Waals surface area contributed by atoms with Gasteiger partial charge in [-0.25, -0.2) is 4.98 Å². The van der Waals surface area contributed by atoms with Crippen LogP contribution in [0.25, 0.3) is 0 Å². The minimum absolute atomic E-state index is 0.0994. The second-order valence-electron chi connectivity index (χ2n) is 5.46. The molecule has 0 bridgehead atoms. The highest BCUT2D eigenvalue weighted by molar-refractivity contribution is 8.01. The van der Waals surface area contributed by atoms with Gasteiger partial charge in [0.05, 0.1) is 23.5 Å². The first-order valence-corrected chi connectivity index (χ1v) is 8.66. The Bertz CT molecular complexity index is 680. The largest absolute Gasteiger partial charge is 0.337 e. The summed E-state index contributed by atoms with van der Waals surface area (Å²) >= 11 is 1.57. The van der Waals surface area contributed by atoms with Crippen LogP contribution in [0.4, 0.5) is 0 Å². The van der Waals surface area contributed by atoms with E-state index in [9.17, 15) is 10.1 Å². The van der Waals surface area contributed by atoms with Crippen molar-refractivity contribution in [2.45, 2.75) is 24.3 Å². The van der Waals surface area contributed by atoms with Gasteiger partial charge in [0.1, 0.15) is 5.92 Å². The summed E-state index contributed by atoms with van der Waals surface area (Å²) < 4.78 is 2.00. The van der Waals surface area contributed by atoms with E-state index in [0.29, 0.717) is 12.3 Å². The topological polar surface area (TPSA) is 61.9 Å². The molecule has 2 atom stereocenters. The van der Waals surface area contributed by atoms with Gasteiger partial charge in [-0.3, -0.25) is 4.79 Å². The first-order valence-electron chi connectivity index (χ1n) is 7.61. The molecule has 1 aliphatic heterocycles. The van der Waals surface area contributed by atoms with E-state index in [0.717, 1.165) is 18.5 Å². The lowest BCUT2D eigenvalue weighted by Crippen LogP contribution is -2.37. The summed E-state index contributed by atoms with van der Waals surface area (Å²) in [5, 5.41) is 9.51. The SMILES string of the molecule is N#CC(c1ccccc1)C1SCC(=O)N1CCCn1ccnc1. The number of amides is 1. The zero-order valence-corrected chi connectivity index (χ0v) is 13.5. The summed E-state index contributed by atoms with van der Waals surface area (Å²) in [6, 6.07) is 12.1. The number of nitrogens with zero attached hydrogens (tertiary/aromatic N) is 4. The van der Waals surface area contributed by atoms with Gasteiger partial charge in [-0.15, -0.1) is 11.8 Å². The van der Waals surface area contributed by atoms with Gasteiger partial charge in [0.2, 0.25) is 5.91 Å². The van der Waals surface area contributed by atoms with Gasteiger partial charge in [-0.1, -0.05) is 30.3 Å². The van der Waals surface area contributed by atoms with Gasteiger partial charge in [0.15, 0.2) is 0 Å². The minimum Gasteiger partial charge on any atom is -0.337 e. The predicted molar refractivity (Wildman–Crippen MR) is 89.6 cm³/mol. The lowest BCUT2D eigenvalue weighted by atomic mass is 9.99. The number of rotatable bonds is 6. The lowest BCUT2D eigenvalue weighted by Gasteiger charge is -2.27. The van der Waals surface area contributed by atoms with E-state index in [4.69, 9.17) is 0 Å². The predicted octanol–water partition coefficient (Wildman–Crippen LogP) is 2.48. The van der Waals surface area contributed by atoms with Crippen LogP contribution in [0.2, 0.25) is 0 Å². The second kappa shape index (κ2) is 7.34. The first kappa shape index (κ1) is 15.6. The average molecular weight is 326 g/mol. The zero-order chi connectivity index (χ0) is 16.1. The van der Waals surface area contributed by atoms with Crippen LogP contribution in [0.1, 0.15) is 17.9 Å². The molecule has 0 radical (unpaired) electrons. The van der Waals surface area contributed by atoms with Crippen molar-refractivity contribution in [3.8, 4) is 6.07 Å². The summed E-state index contributed by atoms with van der Waals surface area (Å²) in [7, 11) is 0. The fourth-order valence-electron chi connectivity index (χ4n) is 2.81. The summed E-state index contributed by atoms with van der Waals surface area (Å²) in [6.45, 7) is 1.49. The number of carbonyl (C=O) groups is 1. The molecular formula is C17H18N4OS. The zero-order valence-electron chi connectivity index (χ0n) is 12.7. The molecule has 0 N–H and O–H groups in total. The molecule has 2 heterocycles. The van der Waals surface area contributed by atoms with Crippen LogP contribution >= 0.6 is 11.8 Å². The van der Waals surface area contributed by atoms with Crippen molar-refractivity contribution in [1.82, 2.24) is 14.5 Å². The maximum absolute atomic E-state index is 12.2. The lowest BCUT2D eigenvalue weighted by molar-refractivity contribution is -0.128. The number of thioether (sulfide) groups is 1. The van der Waals surface area contributed by atoms with Crippen LogP contribution in [0.3, 0.4) is 0 Å². The normalized spacial score (nSPS) is 18.8. The van der Waals surface area contributed by atoms with Crippen LogP contribution in [0.15, 0.2) is 49.1 Å². The number of aromatic nitrogens is 2. The van der Waals surface area contributed by atoms with Gasteiger partial charge >= 0.3 is 0 Å². The molecule has 5 nitrogen and oxygen atoms in total. The molecule has 1 saturated heterocycles. The van der Waals surface area contributed by atoms with Gasteiger partial charge in [0.25, 0.3) is 0 Å². The number of carbonyl (C=O) groups excluding carboxylic acids is 1. The quantitative estimate of drug-likeness (QED) is 0.818. The van der Waals surface area contributed by atoms with Crippen molar-refractivity contribution in [2.24, 2.45) is 0 Å². The third-order valence-corrected chi connectivity index (χ3v) is 5.24. The maximum atomic E-state index is 12.2. The fraction of sp³-hybridized carbons (Fsp3) is 0.353. The first-order chi connectivity index (χ1) is 11.3. The summed E-state index contributed by atoms with van der Waals surface area (Å²) in [5.41, 5.74) is 0.974. The maximum Gasteiger partial charge on any atom is 0.233 e. The summed E-state index contributed by atoms with van der Waals surface area (Å²) in [6.07, 6.45) is 6.30. The Morgan fingerprint density at radius 3 is 2.87 bits per heavy atom. The molecule has 118 valence electrons. The van der Waals surface area contributed by atoms with E-state index in [1.54, 1.807) is 24.3 Å². The molecule has 2 aromatic rings. The van der Waals surface area contributed by atoms with Gasteiger partial charge in [-0.05, 0) is 12.0 Å². The van der Waals surface area contributed by atoms with Crippen LogP contribution < -0.4 is 0 Å². The molecule has 1 fully saturated rings. The molecule has 6 heteroatoms. The Morgan fingerprint density at radius 1 is 1.35 bits per heavy atom. The molecule has 1 amide bonds. The molecule has 0 saturated carbocycles. The monoisotopic (exact) mass is 326 g/mol. The van der Waals surface area contributed by atoms with Crippen molar-refractivity contribution in [3.05, 3.63) is 54.6 Å². The van der Waals surface area contributed by atoms with Crippen LogP contribution in [0.5, 0.6) is 0 Å².